The molecule has 0 aliphatic heterocycles. The van der Waals surface area contributed by atoms with Gasteiger partial charge in [-0.2, -0.15) is 0 Å². The molecule has 0 aliphatic rings. The Hall–Kier alpha value is -2.12. The largest absolute Gasteiger partial charge is 0.478 e. The molecular formula is C10H6F4O4. The van der Waals surface area contributed by atoms with Crippen molar-refractivity contribution < 1.29 is 37.4 Å². The Morgan fingerprint density at radius 2 is 1.39 bits per heavy atom. The van der Waals surface area contributed by atoms with Crippen molar-refractivity contribution in [1.82, 2.24) is 0 Å². The first-order valence-corrected chi connectivity index (χ1v) is 4.46. The SMILES string of the molecule is Cc1c(C(=O)O)c(F)c(F)c(C(=O)O)c1C(F)F. The minimum atomic E-state index is -3.44. The molecule has 18 heavy (non-hydrogen) atoms. The lowest BCUT2D eigenvalue weighted by atomic mass is 9.95. The summed E-state index contributed by atoms with van der Waals surface area (Å²) in [7, 11) is 0. The molecule has 0 unspecified atom stereocenters. The molecule has 0 saturated heterocycles. The Labute approximate surface area is 97.5 Å². The number of carboxylic acids is 2. The van der Waals surface area contributed by atoms with E-state index in [4.69, 9.17) is 10.2 Å². The van der Waals surface area contributed by atoms with E-state index in [0.29, 0.717) is 0 Å². The predicted octanol–water partition coefficient (Wildman–Crippen LogP) is 2.61. The van der Waals surface area contributed by atoms with Crippen molar-refractivity contribution in [3.8, 4) is 0 Å². The molecule has 98 valence electrons. The van der Waals surface area contributed by atoms with E-state index in [9.17, 15) is 27.2 Å². The van der Waals surface area contributed by atoms with Crippen LogP contribution in [-0.2, 0) is 0 Å². The average molecular weight is 266 g/mol. The van der Waals surface area contributed by atoms with Crippen LogP contribution in [0.15, 0.2) is 0 Å². The summed E-state index contributed by atoms with van der Waals surface area (Å²) < 4.78 is 52.0. The fourth-order valence-corrected chi connectivity index (χ4v) is 1.56. The lowest BCUT2D eigenvalue weighted by Gasteiger charge is -2.13. The van der Waals surface area contributed by atoms with E-state index in [1.807, 2.05) is 0 Å². The number of halogens is 4. The van der Waals surface area contributed by atoms with Gasteiger partial charge >= 0.3 is 11.9 Å². The van der Waals surface area contributed by atoms with Crippen LogP contribution in [0.2, 0.25) is 0 Å². The Morgan fingerprint density at radius 3 is 1.72 bits per heavy atom. The number of aromatic carboxylic acids is 2. The minimum Gasteiger partial charge on any atom is -0.478 e. The van der Waals surface area contributed by atoms with Crippen LogP contribution in [0.4, 0.5) is 17.6 Å². The van der Waals surface area contributed by atoms with Crippen LogP contribution in [0.1, 0.15) is 38.3 Å². The van der Waals surface area contributed by atoms with Gasteiger partial charge in [-0.15, -0.1) is 0 Å². The van der Waals surface area contributed by atoms with E-state index in [2.05, 4.69) is 0 Å². The molecule has 0 heterocycles. The molecule has 0 fully saturated rings. The van der Waals surface area contributed by atoms with E-state index >= 15 is 0 Å². The van der Waals surface area contributed by atoms with Crippen LogP contribution in [0.5, 0.6) is 0 Å². The fraction of sp³-hybridized carbons (Fsp3) is 0.200. The number of benzene rings is 1. The monoisotopic (exact) mass is 266 g/mol. The Bertz CT molecular complexity index is 539. The van der Waals surface area contributed by atoms with Gasteiger partial charge in [0.05, 0.1) is 0 Å². The highest BCUT2D eigenvalue weighted by atomic mass is 19.3. The van der Waals surface area contributed by atoms with Crippen LogP contribution in [0.3, 0.4) is 0 Å². The van der Waals surface area contributed by atoms with Crippen LogP contribution in [0.25, 0.3) is 0 Å². The number of rotatable bonds is 3. The van der Waals surface area contributed by atoms with Gasteiger partial charge in [0.15, 0.2) is 11.6 Å². The molecule has 2 N–H and O–H groups in total. The third kappa shape index (κ3) is 2.01. The van der Waals surface area contributed by atoms with E-state index in [1.165, 1.54) is 0 Å². The first-order valence-electron chi connectivity index (χ1n) is 4.46. The molecule has 0 radical (unpaired) electrons. The Morgan fingerprint density at radius 1 is 1.00 bits per heavy atom. The minimum absolute atomic E-state index is 0.792. The number of alkyl halides is 2. The maximum Gasteiger partial charge on any atom is 0.339 e. The van der Waals surface area contributed by atoms with Gasteiger partial charge in [0, 0.05) is 5.56 Å². The van der Waals surface area contributed by atoms with Crippen LogP contribution in [0, 0.1) is 18.6 Å². The fourth-order valence-electron chi connectivity index (χ4n) is 1.56. The summed E-state index contributed by atoms with van der Waals surface area (Å²) in [6.07, 6.45) is -3.44. The molecule has 0 saturated carbocycles. The van der Waals surface area contributed by atoms with Crippen molar-refractivity contribution in [2.24, 2.45) is 0 Å². The zero-order valence-electron chi connectivity index (χ0n) is 8.80. The van der Waals surface area contributed by atoms with Gasteiger partial charge in [0.25, 0.3) is 6.43 Å². The number of carboxylic acid groups (broad SMARTS) is 2. The van der Waals surface area contributed by atoms with Crippen LogP contribution >= 0.6 is 0 Å². The molecule has 8 heteroatoms. The van der Waals surface area contributed by atoms with E-state index < -0.39 is 52.3 Å². The standard InChI is InChI=1S/C10H6F4O4/c1-2-3(8(13)14)5(10(17)18)7(12)6(11)4(2)9(15)16/h8H,1H3,(H,15,16)(H,17,18). The molecule has 1 aromatic rings. The highest BCUT2D eigenvalue weighted by molar-refractivity contribution is 5.95. The summed E-state index contributed by atoms with van der Waals surface area (Å²) in [5.41, 5.74) is -4.99. The molecule has 4 nitrogen and oxygen atoms in total. The number of carbonyl (C=O) groups is 2. The Kier molecular flexibility index (Phi) is 3.59. The zero-order chi connectivity index (χ0) is 14.2. The van der Waals surface area contributed by atoms with Crippen molar-refractivity contribution in [1.29, 1.82) is 0 Å². The topological polar surface area (TPSA) is 74.6 Å². The van der Waals surface area contributed by atoms with Crippen molar-refractivity contribution in [2.75, 3.05) is 0 Å². The van der Waals surface area contributed by atoms with Gasteiger partial charge in [0.2, 0.25) is 0 Å². The first-order chi connectivity index (χ1) is 8.20. The van der Waals surface area contributed by atoms with E-state index in [0.717, 1.165) is 6.92 Å². The molecule has 0 aromatic heterocycles. The molecule has 0 bridgehead atoms. The van der Waals surface area contributed by atoms with E-state index in [-0.39, 0.29) is 0 Å². The van der Waals surface area contributed by atoms with Crippen LogP contribution < -0.4 is 0 Å². The highest BCUT2D eigenvalue weighted by Gasteiger charge is 2.32. The summed E-state index contributed by atoms with van der Waals surface area (Å²) in [5, 5.41) is 17.2. The van der Waals surface area contributed by atoms with Crippen molar-refractivity contribution in [3.63, 3.8) is 0 Å². The van der Waals surface area contributed by atoms with Crippen molar-refractivity contribution >= 4 is 11.9 Å². The summed E-state index contributed by atoms with van der Waals surface area (Å²) in [4.78, 5) is 21.3. The number of hydrogen-bond donors (Lipinski definition) is 2. The van der Waals surface area contributed by atoms with Gasteiger partial charge in [-0.3, -0.25) is 0 Å². The van der Waals surface area contributed by atoms with Gasteiger partial charge < -0.3 is 10.2 Å². The second kappa shape index (κ2) is 4.63. The zero-order valence-corrected chi connectivity index (χ0v) is 8.80. The normalized spacial score (nSPS) is 10.8. The number of hydrogen-bond acceptors (Lipinski definition) is 2. The smallest absolute Gasteiger partial charge is 0.339 e. The second-order valence-corrected chi connectivity index (χ2v) is 3.33. The van der Waals surface area contributed by atoms with Gasteiger partial charge in [-0.05, 0) is 12.5 Å². The van der Waals surface area contributed by atoms with Gasteiger partial charge in [-0.25, -0.2) is 27.2 Å². The molecule has 1 aromatic carbocycles. The third-order valence-corrected chi connectivity index (χ3v) is 2.33. The van der Waals surface area contributed by atoms with Gasteiger partial charge in [0.1, 0.15) is 11.1 Å². The van der Waals surface area contributed by atoms with Gasteiger partial charge in [-0.1, -0.05) is 0 Å². The maximum absolute atomic E-state index is 13.3. The average Bonchev–Trinajstić information content (AvgIpc) is 2.21. The van der Waals surface area contributed by atoms with Crippen molar-refractivity contribution in [2.45, 2.75) is 13.3 Å². The molecule has 1 rings (SSSR count). The lowest BCUT2D eigenvalue weighted by Crippen LogP contribution is -2.16. The highest BCUT2D eigenvalue weighted by Crippen LogP contribution is 2.33. The van der Waals surface area contributed by atoms with Crippen LogP contribution in [-0.4, -0.2) is 22.2 Å². The molecule has 0 spiro atoms. The third-order valence-electron chi connectivity index (χ3n) is 2.33. The molecule has 0 aliphatic carbocycles. The molecule has 0 atom stereocenters. The Balaban J connectivity index is 3.88. The van der Waals surface area contributed by atoms with E-state index in [1.54, 1.807) is 0 Å². The van der Waals surface area contributed by atoms with Crippen molar-refractivity contribution in [3.05, 3.63) is 33.9 Å². The second-order valence-electron chi connectivity index (χ2n) is 3.33. The maximum atomic E-state index is 13.3. The predicted molar refractivity (Wildman–Crippen MR) is 50.0 cm³/mol. The summed E-state index contributed by atoms with van der Waals surface area (Å²) in [6.45, 7) is 0.792. The first kappa shape index (κ1) is 13.9. The molecular weight excluding hydrogens is 260 g/mol. The molecule has 0 amide bonds. The summed E-state index contributed by atoms with van der Waals surface area (Å²) >= 11 is 0. The quantitative estimate of drug-likeness (QED) is 0.824. The summed E-state index contributed by atoms with van der Waals surface area (Å²) in [6, 6.07) is 0. The summed E-state index contributed by atoms with van der Waals surface area (Å²) in [5.74, 6) is -8.13. The lowest BCUT2D eigenvalue weighted by molar-refractivity contribution is 0.0658.